The average Bonchev–Trinajstić information content (AvgIpc) is 2.99. The Kier molecular flexibility index (Phi) is 4.11. The van der Waals surface area contributed by atoms with Crippen LogP contribution in [0.15, 0.2) is 59.6 Å². The average molecular weight is 359 g/mol. The predicted octanol–water partition coefficient (Wildman–Crippen LogP) is 2.71. The van der Waals surface area contributed by atoms with Crippen molar-refractivity contribution in [2.75, 3.05) is 0 Å². The van der Waals surface area contributed by atoms with Gasteiger partial charge in [-0.25, -0.2) is 18.5 Å². The van der Waals surface area contributed by atoms with Crippen molar-refractivity contribution in [3.05, 3.63) is 65.4 Å². The highest BCUT2D eigenvalue weighted by molar-refractivity contribution is 7.89. The lowest BCUT2D eigenvalue weighted by Gasteiger charge is -2.08. The van der Waals surface area contributed by atoms with E-state index in [0.29, 0.717) is 16.4 Å². The molecule has 1 heterocycles. The minimum atomic E-state index is -3.76. The maximum atomic E-state index is 11.4. The molecule has 2 aromatic carbocycles. The summed E-state index contributed by atoms with van der Waals surface area (Å²) in [4.78, 5) is 4.29. The number of nitrogens with two attached hydrogens (primary N) is 1. The van der Waals surface area contributed by atoms with Crippen molar-refractivity contribution in [3.8, 4) is 23.1 Å². The summed E-state index contributed by atoms with van der Waals surface area (Å²) < 4.78 is 24.4. The monoisotopic (exact) mass is 358 g/mol. The summed E-state index contributed by atoms with van der Waals surface area (Å²) in [7, 11) is -3.76. The van der Waals surface area contributed by atoms with Crippen LogP contribution in [0.3, 0.4) is 0 Å². The van der Waals surface area contributed by atoms with E-state index in [2.05, 4.69) is 4.98 Å². The highest BCUT2D eigenvalue weighted by atomic mass is 35.5. The minimum Gasteiger partial charge on any atom is -0.298 e. The van der Waals surface area contributed by atoms with Crippen LogP contribution < -0.4 is 5.14 Å². The molecule has 0 fully saturated rings. The molecule has 0 saturated carbocycles. The SMILES string of the molecule is N#Cc1cn(-c2ccc(Cl)cc2)c(-c2ccc(S(N)(=O)=O)cc2)n1. The quantitative estimate of drug-likeness (QED) is 0.777. The van der Waals surface area contributed by atoms with Gasteiger partial charge in [-0.05, 0) is 48.5 Å². The molecule has 3 rings (SSSR count). The number of halogens is 1. The van der Waals surface area contributed by atoms with Crippen LogP contribution in [-0.2, 0) is 10.0 Å². The van der Waals surface area contributed by atoms with Gasteiger partial charge in [0.05, 0.1) is 4.90 Å². The fraction of sp³-hybridized carbons (Fsp3) is 0. The Labute approximate surface area is 143 Å². The molecule has 0 bridgehead atoms. The molecule has 0 aliphatic heterocycles. The first-order valence-corrected chi connectivity index (χ1v) is 8.69. The van der Waals surface area contributed by atoms with Crippen LogP contribution in [0.2, 0.25) is 5.02 Å². The highest BCUT2D eigenvalue weighted by Crippen LogP contribution is 2.25. The lowest BCUT2D eigenvalue weighted by atomic mass is 10.2. The van der Waals surface area contributed by atoms with E-state index < -0.39 is 10.0 Å². The molecule has 0 amide bonds. The maximum Gasteiger partial charge on any atom is 0.238 e. The van der Waals surface area contributed by atoms with Gasteiger partial charge in [0.1, 0.15) is 11.9 Å². The zero-order valence-corrected chi connectivity index (χ0v) is 13.8. The van der Waals surface area contributed by atoms with Gasteiger partial charge in [0, 0.05) is 22.5 Å². The number of rotatable bonds is 3. The number of hydrogen-bond acceptors (Lipinski definition) is 4. The second kappa shape index (κ2) is 6.09. The molecule has 0 unspecified atom stereocenters. The van der Waals surface area contributed by atoms with Crippen molar-refractivity contribution in [1.29, 1.82) is 5.26 Å². The van der Waals surface area contributed by atoms with Crippen molar-refractivity contribution in [1.82, 2.24) is 9.55 Å². The van der Waals surface area contributed by atoms with E-state index in [1.807, 2.05) is 6.07 Å². The Morgan fingerprint density at radius 1 is 1.08 bits per heavy atom. The van der Waals surface area contributed by atoms with Crippen LogP contribution in [0, 0.1) is 11.3 Å². The zero-order chi connectivity index (χ0) is 17.3. The molecular formula is C16H11ClN4O2S. The van der Waals surface area contributed by atoms with Gasteiger partial charge in [0.15, 0.2) is 5.69 Å². The van der Waals surface area contributed by atoms with Crippen LogP contribution in [0.5, 0.6) is 0 Å². The lowest BCUT2D eigenvalue weighted by Crippen LogP contribution is -2.11. The third-order valence-corrected chi connectivity index (χ3v) is 4.55. The van der Waals surface area contributed by atoms with Crippen LogP contribution in [-0.4, -0.2) is 18.0 Å². The Morgan fingerprint density at radius 3 is 2.25 bits per heavy atom. The van der Waals surface area contributed by atoms with Crippen molar-refractivity contribution in [2.45, 2.75) is 4.90 Å². The van der Waals surface area contributed by atoms with E-state index in [0.717, 1.165) is 5.69 Å². The summed E-state index contributed by atoms with van der Waals surface area (Å²) in [5, 5.41) is 14.8. The first-order chi connectivity index (χ1) is 11.4. The molecule has 0 radical (unpaired) electrons. The number of benzene rings is 2. The molecule has 120 valence electrons. The van der Waals surface area contributed by atoms with Crippen molar-refractivity contribution in [2.24, 2.45) is 5.14 Å². The van der Waals surface area contributed by atoms with Crippen LogP contribution in [0.4, 0.5) is 0 Å². The molecule has 0 aliphatic carbocycles. The van der Waals surface area contributed by atoms with Crippen LogP contribution >= 0.6 is 11.6 Å². The summed E-state index contributed by atoms with van der Waals surface area (Å²) in [5.41, 5.74) is 1.67. The lowest BCUT2D eigenvalue weighted by molar-refractivity contribution is 0.598. The van der Waals surface area contributed by atoms with Gasteiger partial charge in [-0.2, -0.15) is 5.26 Å². The fourth-order valence-electron chi connectivity index (χ4n) is 2.23. The molecule has 0 aliphatic rings. The van der Waals surface area contributed by atoms with Gasteiger partial charge in [0.25, 0.3) is 0 Å². The number of primary sulfonamides is 1. The van der Waals surface area contributed by atoms with E-state index >= 15 is 0 Å². The van der Waals surface area contributed by atoms with E-state index in [4.69, 9.17) is 22.0 Å². The normalized spacial score (nSPS) is 11.2. The first-order valence-electron chi connectivity index (χ1n) is 6.77. The number of aromatic nitrogens is 2. The smallest absolute Gasteiger partial charge is 0.238 e. The molecule has 0 atom stereocenters. The molecule has 2 N–H and O–H groups in total. The molecule has 8 heteroatoms. The summed E-state index contributed by atoms with van der Waals surface area (Å²) >= 11 is 5.90. The first kappa shape index (κ1) is 16.2. The van der Waals surface area contributed by atoms with Crippen LogP contribution in [0.1, 0.15) is 5.69 Å². The van der Waals surface area contributed by atoms with Crippen molar-refractivity contribution < 1.29 is 8.42 Å². The second-order valence-corrected chi connectivity index (χ2v) is 6.98. The third-order valence-electron chi connectivity index (χ3n) is 3.37. The van der Waals surface area contributed by atoms with E-state index in [1.165, 1.54) is 12.1 Å². The Hall–Kier alpha value is -2.66. The maximum absolute atomic E-state index is 11.4. The molecule has 24 heavy (non-hydrogen) atoms. The Morgan fingerprint density at radius 2 is 1.71 bits per heavy atom. The van der Waals surface area contributed by atoms with Gasteiger partial charge >= 0.3 is 0 Å². The van der Waals surface area contributed by atoms with Crippen LogP contribution in [0.25, 0.3) is 17.1 Å². The number of nitriles is 1. The summed E-state index contributed by atoms with van der Waals surface area (Å²) in [5.74, 6) is 0.509. The molecule has 0 spiro atoms. The third kappa shape index (κ3) is 3.16. The minimum absolute atomic E-state index is 0.0105. The summed E-state index contributed by atoms with van der Waals surface area (Å²) in [6.07, 6.45) is 1.60. The highest BCUT2D eigenvalue weighted by Gasteiger charge is 2.13. The van der Waals surface area contributed by atoms with Crippen molar-refractivity contribution >= 4 is 21.6 Å². The predicted molar refractivity (Wildman–Crippen MR) is 90.1 cm³/mol. The van der Waals surface area contributed by atoms with Gasteiger partial charge in [-0.15, -0.1) is 0 Å². The topological polar surface area (TPSA) is 102 Å². The molecule has 3 aromatic rings. The van der Waals surface area contributed by atoms with Gasteiger partial charge < -0.3 is 0 Å². The summed E-state index contributed by atoms with van der Waals surface area (Å²) in [6, 6.07) is 15.1. The molecular weight excluding hydrogens is 348 g/mol. The van der Waals surface area contributed by atoms with Crippen molar-refractivity contribution in [3.63, 3.8) is 0 Å². The number of hydrogen-bond donors (Lipinski definition) is 1. The molecule has 0 saturated heterocycles. The molecule has 6 nitrogen and oxygen atoms in total. The van der Waals surface area contributed by atoms with E-state index in [9.17, 15) is 8.42 Å². The Bertz CT molecular complexity index is 1030. The summed E-state index contributed by atoms with van der Waals surface area (Å²) in [6.45, 7) is 0. The standard InChI is InChI=1S/C16H11ClN4O2S/c17-12-3-5-14(6-4-12)21-10-13(9-18)20-16(21)11-1-7-15(8-2-11)24(19,22)23/h1-8,10H,(H2,19,22,23). The zero-order valence-electron chi connectivity index (χ0n) is 12.2. The second-order valence-electron chi connectivity index (χ2n) is 4.98. The van der Waals surface area contributed by atoms with E-state index in [1.54, 1.807) is 47.2 Å². The number of imidazole rings is 1. The van der Waals surface area contributed by atoms with Gasteiger partial charge in [-0.1, -0.05) is 11.6 Å². The Balaban J connectivity index is 2.12. The number of nitrogens with zero attached hydrogens (tertiary/aromatic N) is 3. The molecule has 1 aromatic heterocycles. The fourth-order valence-corrected chi connectivity index (χ4v) is 2.87. The van der Waals surface area contributed by atoms with Gasteiger partial charge in [-0.3, -0.25) is 4.57 Å². The van der Waals surface area contributed by atoms with E-state index in [-0.39, 0.29) is 10.6 Å². The van der Waals surface area contributed by atoms with Gasteiger partial charge in [0.2, 0.25) is 10.0 Å². The largest absolute Gasteiger partial charge is 0.298 e. The number of sulfonamides is 1.